The van der Waals surface area contributed by atoms with Crippen LogP contribution in [-0.2, 0) is 0 Å². The van der Waals surface area contributed by atoms with Crippen LogP contribution in [0.1, 0.15) is 11.4 Å². The molecule has 1 saturated heterocycles. The molecule has 2 aromatic heterocycles. The summed E-state index contributed by atoms with van der Waals surface area (Å²) in [6, 6.07) is 8.47. The van der Waals surface area contributed by atoms with Gasteiger partial charge in [0.1, 0.15) is 0 Å². The molecular formula is C20H24N6. The highest BCUT2D eigenvalue weighted by atomic mass is 15.3. The second-order valence-electron chi connectivity index (χ2n) is 6.95. The van der Waals surface area contributed by atoms with Crippen molar-refractivity contribution in [2.45, 2.75) is 13.8 Å². The summed E-state index contributed by atoms with van der Waals surface area (Å²) in [5, 5.41) is 7.36. The molecule has 0 unspecified atom stereocenters. The smallest absolute Gasteiger partial charge is 0.225 e. The minimum Gasteiger partial charge on any atom is -0.338 e. The molecule has 0 bridgehead atoms. The molecule has 1 aliphatic rings. The first-order valence-electron chi connectivity index (χ1n) is 9.00. The molecule has 3 aromatic rings. The zero-order valence-corrected chi connectivity index (χ0v) is 15.5. The van der Waals surface area contributed by atoms with Crippen LogP contribution in [0.15, 0.2) is 36.7 Å². The Morgan fingerprint density at radius 3 is 2.27 bits per heavy atom. The Morgan fingerprint density at radius 2 is 1.62 bits per heavy atom. The van der Waals surface area contributed by atoms with Crippen LogP contribution in [0.2, 0.25) is 0 Å². The summed E-state index contributed by atoms with van der Waals surface area (Å²) >= 11 is 0. The maximum atomic E-state index is 4.61. The van der Waals surface area contributed by atoms with Crippen molar-refractivity contribution < 1.29 is 0 Å². The molecule has 0 radical (unpaired) electrons. The quantitative estimate of drug-likeness (QED) is 0.789. The highest BCUT2D eigenvalue weighted by Crippen LogP contribution is 2.29. The van der Waals surface area contributed by atoms with Crippen LogP contribution < -0.4 is 4.90 Å². The molecule has 3 heterocycles. The maximum absolute atomic E-state index is 4.61. The van der Waals surface area contributed by atoms with Crippen LogP contribution >= 0.6 is 0 Å². The van der Waals surface area contributed by atoms with Gasteiger partial charge in [0, 0.05) is 55.4 Å². The average Bonchev–Trinajstić information content (AvgIpc) is 3.01. The Hall–Kier alpha value is -2.73. The standard InChI is InChI=1S/C20H24N6/c1-14-19(15(2)24-23-14)17-6-4-5-16(11-17)18-12-21-20(22-13-18)26-9-7-25(3)8-10-26/h4-6,11-13H,7-10H2,1-3H3,(H,23,24). The number of aromatic amines is 1. The van der Waals surface area contributed by atoms with Gasteiger partial charge in [-0.15, -0.1) is 0 Å². The molecule has 1 aromatic carbocycles. The number of hydrogen-bond donors (Lipinski definition) is 1. The topological polar surface area (TPSA) is 60.9 Å². The lowest BCUT2D eigenvalue weighted by atomic mass is 9.99. The number of aryl methyl sites for hydroxylation is 2. The van der Waals surface area contributed by atoms with Gasteiger partial charge in [0.25, 0.3) is 0 Å². The van der Waals surface area contributed by atoms with Gasteiger partial charge < -0.3 is 9.80 Å². The molecule has 4 rings (SSSR count). The van der Waals surface area contributed by atoms with E-state index in [1.807, 2.05) is 19.3 Å². The number of benzene rings is 1. The van der Waals surface area contributed by atoms with Crippen molar-refractivity contribution in [1.82, 2.24) is 25.1 Å². The molecule has 0 amide bonds. The molecule has 6 heteroatoms. The Bertz CT molecular complexity index is 871. The van der Waals surface area contributed by atoms with E-state index in [0.717, 1.165) is 60.2 Å². The van der Waals surface area contributed by atoms with E-state index in [9.17, 15) is 0 Å². The number of hydrogen-bond acceptors (Lipinski definition) is 5. The molecule has 0 spiro atoms. The summed E-state index contributed by atoms with van der Waals surface area (Å²) in [6.07, 6.45) is 3.85. The summed E-state index contributed by atoms with van der Waals surface area (Å²) in [4.78, 5) is 13.8. The SMILES string of the molecule is Cc1n[nH]c(C)c1-c1cccc(-c2cnc(N3CCN(C)CC3)nc2)c1. The molecule has 26 heavy (non-hydrogen) atoms. The summed E-state index contributed by atoms with van der Waals surface area (Å²) in [5.41, 5.74) is 6.58. The first-order valence-corrected chi connectivity index (χ1v) is 9.00. The summed E-state index contributed by atoms with van der Waals surface area (Å²) in [6.45, 7) is 8.14. The molecule has 0 saturated carbocycles. The van der Waals surface area contributed by atoms with Crippen LogP contribution in [-0.4, -0.2) is 58.3 Å². The van der Waals surface area contributed by atoms with Crippen molar-refractivity contribution in [2.75, 3.05) is 38.1 Å². The van der Waals surface area contributed by atoms with Crippen LogP contribution in [0.3, 0.4) is 0 Å². The van der Waals surface area contributed by atoms with Crippen LogP contribution in [0, 0.1) is 13.8 Å². The molecule has 1 N–H and O–H groups in total. The Morgan fingerprint density at radius 1 is 0.923 bits per heavy atom. The largest absolute Gasteiger partial charge is 0.338 e. The van der Waals surface area contributed by atoms with Crippen molar-refractivity contribution in [1.29, 1.82) is 0 Å². The number of anilines is 1. The fourth-order valence-corrected chi connectivity index (χ4v) is 3.47. The molecule has 1 fully saturated rings. The van der Waals surface area contributed by atoms with Gasteiger partial charge in [-0.3, -0.25) is 5.10 Å². The molecule has 1 aliphatic heterocycles. The number of likely N-dealkylation sites (N-methyl/N-ethyl adjacent to an activating group) is 1. The van der Waals surface area contributed by atoms with Gasteiger partial charge >= 0.3 is 0 Å². The predicted octanol–water partition coefficient (Wildman–Crippen LogP) is 2.90. The molecule has 0 aliphatic carbocycles. The van der Waals surface area contributed by atoms with E-state index in [1.54, 1.807) is 0 Å². The highest BCUT2D eigenvalue weighted by molar-refractivity contribution is 5.74. The lowest BCUT2D eigenvalue weighted by molar-refractivity contribution is 0.311. The number of nitrogens with one attached hydrogen (secondary N) is 1. The van der Waals surface area contributed by atoms with E-state index in [1.165, 1.54) is 5.56 Å². The van der Waals surface area contributed by atoms with Gasteiger partial charge in [-0.05, 0) is 38.1 Å². The summed E-state index contributed by atoms with van der Waals surface area (Å²) < 4.78 is 0. The van der Waals surface area contributed by atoms with E-state index in [-0.39, 0.29) is 0 Å². The third kappa shape index (κ3) is 3.20. The first-order chi connectivity index (χ1) is 12.6. The van der Waals surface area contributed by atoms with Crippen molar-refractivity contribution in [3.8, 4) is 22.3 Å². The Kier molecular flexibility index (Phi) is 4.42. The van der Waals surface area contributed by atoms with Crippen molar-refractivity contribution in [2.24, 2.45) is 0 Å². The van der Waals surface area contributed by atoms with Gasteiger partial charge in [0.15, 0.2) is 0 Å². The number of rotatable bonds is 3. The van der Waals surface area contributed by atoms with Gasteiger partial charge in [0.2, 0.25) is 5.95 Å². The van der Waals surface area contributed by atoms with E-state index in [4.69, 9.17) is 0 Å². The zero-order chi connectivity index (χ0) is 18.1. The van der Waals surface area contributed by atoms with Crippen LogP contribution in [0.25, 0.3) is 22.3 Å². The number of H-pyrrole nitrogens is 1. The van der Waals surface area contributed by atoms with Gasteiger partial charge in [0.05, 0.1) is 5.69 Å². The predicted molar refractivity (Wildman–Crippen MR) is 104 cm³/mol. The minimum atomic E-state index is 0.819. The average molecular weight is 348 g/mol. The van der Waals surface area contributed by atoms with Crippen molar-refractivity contribution in [3.63, 3.8) is 0 Å². The van der Waals surface area contributed by atoms with Crippen LogP contribution in [0.4, 0.5) is 5.95 Å². The van der Waals surface area contributed by atoms with Crippen molar-refractivity contribution in [3.05, 3.63) is 48.0 Å². The zero-order valence-electron chi connectivity index (χ0n) is 15.5. The number of piperazine rings is 1. The second kappa shape index (κ2) is 6.88. The van der Waals surface area contributed by atoms with E-state index < -0.39 is 0 Å². The monoisotopic (exact) mass is 348 g/mol. The fourth-order valence-electron chi connectivity index (χ4n) is 3.47. The summed E-state index contributed by atoms with van der Waals surface area (Å²) in [7, 11) is 2.15. The maximum Gasteiger partial charge on any atom is 0.225 e. The van der Waals surface area contributed by atoms with Gasteiger partial charge in [-0.2, -0.15) is 5.10 Å². The number of nitrogens with zero attached hydrogens (tertiary/aromatic N) is 5. The van der Waals surface area contributed by atoms with E-state index in [2.05, 4.69) is 68.2 Å². The first kappa shape index (κ1) is 16.7. The molecular weight excluding hydrogens is 324 g/mol. The lowest BCUT2D eigenvalue weighted by Gasteiger charge is -2.32. The van der Waals surface area contributed by atoms with Gasteiger partial charge in [-0.1, -0.05) is 18.2 Å². The lowest BCUT2D eigenvalue weighted by Crippen LogP contribution is -2.45. The van der Waals surface area contributed by atoms with Crippen molar-refractivity contribution >= 4 is 5.95 Å². The van der Waals surface area contributed by atoms with E-state index >= 15 is 0 Å². The van der Waals surface area contributed by atoms with E-state index in [0.29, 0.717) is 0 Å². The third-order valence-electron chi connectivity index (χ3n) is 5.04. The number of aromatic nitrogens is 4. The Balaban J connectivity index is 1.59. The third-order valence-corrected chi connectivity index (χ3v) is 5.04. The minimum absolute atomic E-state index is 0.819. The van der Waals surface area contributed by atoms with Crippen LogP contribution in [0.5, 0.6) is 0 Å². The Labute approximate surface area is 153 Å². The summed E-state index contributed by atoms with van der Waals surface area (Å²) in [5.74, 6) is 0.819. The second-order valence-corrected chi connectivity index (χ2v) is 6.95. The fraction of sp³-hybridized carbons (Fsp3) is 0.350. The highest BCUT2D eigenvalue weighted by Gasteiger charge is 2.16. The van der Waals surface area contributed by atoms with Gasteiger partial charge in [-0.25, -0.2) is 9.97 Å². The normalized spacial score (nSPS) is 15.4. The molecule has 134 valence electrons. The molecule has 0 atom stereocenters. The molecule has 6 nitrogen and oxygen atoms in total.